The van der Waals surface area contributed by atoms with Crippen LogP contribution in [0.3, 0.4) is 0 Å². The van der Waals surface area contributed by atoms with Gasteiger partial charge in [-0.2, -0.15) is 0 Å². The molecule has 1 heterocycles. The number of nitrogens with one attached hydrogen (secondary N) is 1. The van der Waals surface area contributed by atoms with Gasteiger partial charge in [-0.25, -0.2) is 0 Å². The maximum absolute atomic E-state index is 13.0. The number of hydrogen-bond acceptors (Lipinski definition) is 4. The molecule has 2 fully saturated rings. The third-order valence-corrected chi connectivity index (χ3v) is 7.50. The highest BCUT2D eigenvalue weighted by molar-refractivity contribution is 6.30. The minimum absolute atomic E-state index is 0.0126. The van der Waals surface area contributed by atoms with Gasteiger partial charge in [0.05, 0.1) is 5.69 Å². The number of carbonyl (C=O) groups is 2. The molecule has 7 heteroatoms. The van der Waals surface area contributed by atoms with Crippen LogP contribution in [0.2, 0.25) is 5.02 Å². The van der Waals surface area contributed by atoms with Gasteiger partial charge >= 0.3 is 5.97 Å². The Kier molecular flexibility index (Phi) is 7.60. The van der Waals surface area contributed by atoms with Gasteiger partial charge in [-0.05, 0) is 86.5 Å². The summed E-state index contributed by atoms with van der Waals surface area (Å²) in [6.45, 7) is 8.74. The summed E-state index contributed by atoms with van der Waals surface area (Å²) in [5.74, 6) is 1.17. The van der Waals surface area contributed by atoms with Crippen LogP contribution in [0.1, 0.15) is 112 Å². The highest BCUT2D eigenvalue weighted by Crippen LogP contribution is 2.53. The molecule has 2 saturated carbocycles. The van der Waals surface area contributed by atoms with Gasteiger partial charge in [-0.1, -0.05) is 37.5 Å². The monoisotopic (exact) mass is 500 g/mol. The average Bonchev–Trinajstić information content (AvgIpc) is 3.47. The first kappa shape index (κ1) is 25.7. The molecule has 0 bridgehead atoms. The molecule has 190 valence electrons. The lowest BCUT2D eigenvalue weighted by molar-refractivity contribution is -0.137. The molecule has 4 rings (SSSR count). The van der Waals surface area contributed by atoms with E-state index in [1.165, 1.54) is 6.42 Å². The molecule has 0 saturated heterocycles. The quantitative estimate of drug-likeness (QED) is 0.354. The molecule has 1 aromatic heterocycles. The van der Waals surface area contributed by atoms with Crippen LogP contribution in [-0.4, -0.2) is 22.1 Å². The first-order valence-electron chi connectivity index (χ1n) is 12.8. The van der Waals surface area contributed by atoms with Crippen LogP contribution >= 0.6 is 11.6 Å². The molecule has 0 spiro atoms. The van der Waals surface area contributed by atoms with E-state index >= 15 is 0 Å². The van der Waals surface area contributed by atoms with Gasteiger partial charge in [0.15, 0.2) is 0 Å². The van der Waals surface area contributed by atoms with Crippen LogP contribution in [0.5, 0.6) is 0 Å². The molecule has 0 aliphatic heterocycles. The summed E-state index contributed by atoms with van der Waals surface area (Å²) in [6.07, 6.45) is 6.13. The van der Waals surface area contributed by atoms with Crippen molar-refractivity contribution in [3.05, 3.63) is 45.8 Å². The maximum atomic E-state index is 13.0. The number of aryl methyl sites for hydroxylation is 1. The van der Waals surface area contributed by atoms with Crippen molar-refractivity contribution in [2.75, 3.05) is 5.32 Å². The number of rotatable bonds is 10. The first-order chi connectivity index (χ1) is 16.5. The minimum atomic E-state index is -0.871. The van der Waals surface area contributed by atoms with Crippen molar-refractivity contribution in [2.24, 2.45) is 11.3 Å². The number of nitrogens with zero attached hydrogens (tertiary/aromatic N) is 1. The Bertz CT molecular complexity index is 1080. The highest BCUT2D eigenvalue weighted by Gasteiger charge is 2.42. The second-order valence-corrected chi connectivity index (χ2v) is 12.2. The van der Waals surface area contributed by atoms with Gasteiger partial charge in [0, 0.05) is 41.0 Å². The summed E-state index contributed by atoms with van der Waals surface area (Å²) < 4.78 is 5.96. The van der Waals surface area contributed by atoms with E-state index in [9.17, 15) is 14.7 Å². The van der Waals surface area contributed by atoms with E-state index in [1.54, 1.807) is 18.2 Å². The lowest BCUT2D eigenvalue weighted by atomic mass is 9.66. The molecule has 35 heavy (non-hydrogen) atoms. The first-order valence-corrected chi connectivity index (χ1v) is 13.1. The Hall–Kier alpha value is -2.34. The molecule has 2 N–H and O–H groups in total. The number of carboxylic acids is 1. The van der Waals surface area contributed by atoms with E-state index < -0.39 is 5.97 Å². The normalized spacial score (nSPS) is 20.8. The van der Waals surface area contributed by atoms with Gasteiger partial charge < -0.3 is 14.9 Å². The number of carbonyl (C=O) groups excluding carboxylic acids is 1. The third-order valence-electron chi connectivity index (χ3n) is 7.26. The zero-order chi connectivity index (χ0) is 25.3. The Morgan fingerprint density at radius 2 is 1.94 bits per heavy atom. The highest BCUT2D eigenvalue weighted by atomic mass is 35.5. The Morgan fingerprint density at radius 1 is 1.23 bits per heavy atom. The summed E-state index contributed by atoms with van der Waals surface area (Å²) in [5, 5.41) is 17.4. The van der Waals surface area contributed by atoms with E-state index in [0.29, 0.717) is 40.3 Å². The number of anilines is 1. The van der Waals surface area contributed by atoms with Crippen molar-refractivity contribution in [2.45, 2.75) is 96.8 Å². The molecule has 1 amide bonds. The van der Waals surface area contributed by atoms with E-state index in [-0.39, 0.29) is 24.7 Å². The van der Waals surface area contributed by atoms with Gasteiger partial charge in [-0.3, -0.25) is 9.59 Å². The van der Waals surface area contributed by atoms with E-state index in [0.717, 1.165) is 48.3 Å². The van der Waals surface area contributed by atoms with Crippen LogP contribution < -0.4 is 5.32 Å². The molecule has 0 radical (unpaired) electrons. The van der Waals surface area contributed by atoms with Gasteiger partial charge in [0.2, 0.25) is 5.91 Å². The Balaban J connectivity index is 1.51. The molecule has 1 aromatic carbocycles. The van der Waals surface area contributed by atoms with Crippen molar-refractivity contribution < 1.29 is 19.2 Å². The summed E-state index contributed by atoms with van der Waals surface area (Å²) in [7, 11) is 0. The second-order valence-electron chi connectivity index (χ2n) is 11.8. The molecule has 2 aromatic rings. The number of benzene rings is 1. The topological polar surface area (TPSA) is 92.4 Å². The van der Waals surface area contributed by atoms with E-state index in [1.807, 2.05) is 6.92 Å². The number of carboxylic acid groups (broad SMARTS) is 1. The van der Waals surface area contributed by atoms with Crippen LogP contribution in [0.4, 0.5) is 5.69 Å². The average molecular weight is 501 g/mol. The van der Waals surface area contributed by atoms with Gasteiger partial charge in [0.25, 0.3) is 0 Å². The summed E-state index contributed by atoms with van der Waals surface area (Å²) in [4.78, 5) is 24.4. The van der Waals surface area contributed by atoms with Crippen molar-refractivity contribution >= 4 is 29.2 Å². The fourth-order valence-corrected chi connectivity index (χ4v) is 5.73. The second kappa shape index (κ2) is 10.3. The van der Waals surface area contributed by atoms with E-state index in [2.05, 4.69) is 31.2 Å². The predicted molar refractivity (Wildman–Crippen MR) is 137 cm³/mol. The van der Waals surface area contributed by atoms with Crippen LogP contribution in [0.25, 0.3) is 0 Å². The van der Waals surface area contributed by atoms with Gasteiger partial charge in [-0.15, -0.1) is 0 Å². The van der Waals surface area contributed by atoms with Crippen LogP contribution in [0, 0.1) is 18.3 Å². The fraction of sp³-hybridized carbons (Fsp3) is 0.607. The summed E-state index contributed by atoms with van der Waals surface area (Å²) >= 11 is 6.04. The molecule has 2 aliphatic rings. The number of halogens is 1. The maximum Gasteiger partial charge on any atom is 0.303 e. The smallest absolute Gasteiger partial charge is 0.303 e. The molecule has 2 aliphatic carbocycles. The van der Waals surface area contributed by atoms with Crippen molar-refractivity contribution in [1.29, 1.82) is 0 Å². The van der Waals surface area contributed by atoms with Crippen LogP contribution in [-0.2, 0) is 9.59 Å². The zero-order valence-electron chi connectivity index (χ0n) is 21.2. The Morgan fingerprint density at radius 3 is 2.54 bits per heavy atom. The molecule has 0 unspecified atom stereocenters. The SMILES string of the molecule is Cc1cc(Cl)ccc1NC(=O)C[C@@H](CCC(=O)O)c1noc([C@H]2C[C@H](CC(C)(C)C)C2)c1C1CC1. The van der Waals surface area contributed by atoms with Crippen molar-refractivity contribution in [3.63, 3.8) is 0 Å². The standard InChI is InChI=1S/C28H37ClN2O4/c1-16-11-21(29)8-9-22(16)30-23(32)14-19(7-10-24(33)34)26-25(18-5-6-18)27(35-31-26)20-12-17(13-20)15-28(2,3)4/h8-9,11,17-20H,5-7,10,12-15H2,1-4H3,(H,30,32)(H,33,34)/t17-,19-,20-/m1/s1. The third kappa shape index (κ3) is 6.66. The van der Waals surface area contributed by atoms with Crippen molar-refractivity contribution in [3.8, 4) is 0 Å². The summed E-state index contributed by atoms with van der Waals surface area (Å²) in [5.41, 5.74) is 3.87. The number of amides is 1. The predicted octanol–water partition coefficient (Wildman–Crippen LogP) is 7.42. The lowest BCUT2D eigenvalue weighted by Crippen LogP contribution is -2.26. The largest absolute Gasteiger partial charge is 0.481 e. The van der Waals surface area contributed by atoms with Gasteiger partial charge in [0.1, 0.15) is 5.76 Å². The Labute approximate surface area is 212 Å². The minimum Gasteiger partial charge on any atom is -0.481 e. The number of hydrogen-bond donors (Lipinski definition) is 2. The van der Waals surface area contributed by atoms with Crippen LogP contribution in [0.15, 0.2) is 22.7 Å². The molecular formula is C28H37ClN2O4. The summed E-state index contributed by atoms with van der Waals surface area (Å²) in [6, 6.07) is 5.34. The number of aromatic nitrogens is 1. The lowest BCUT2D eigenvalue weighted by Gasteiger charge is -2.38. The molecule has 1 atom stereocenters. The zero-order valence-corrected chi connectivity index (χ0v) is 22.0. The number of aliphatic carboxylic acids is 1. The van der Waals surface area contributed by atoms with Crippen molar-refractivity contribution in [1.82, 2.24) is 5.16 Å². The fourth-order valence-electron chi connectivity index (χ4n) is 5.50. The molecule has 6 nitrogen and oxygen atoms in total. The van der Waals surface area contributed by atoms with E-state index in [4.69, 9.17) is 16.1 Å². The molecular weight excluding hydrogens is 464 g/mol.